The maximum Gasteiger partial charge on any atom is 0.345 e. The number of alkyl halides is 4. The molecule has 6 rings (SSSR count). The fourth-order valence-electron chi connectivity index (χ4n) is 8.27. The Kier molecular flexibility index (Phi) is 9.59. The summed E-state index contributed by atoms with van der Waals surface area (Å²) in [6.45, 7) is 4.04. The molecule has 10 heteroatoms. The second-order valence-corrected chi connectivity index (χ2v) is 14.7. The van der Waals surface area contributed by atoms with Crippen LogP contribution < -0.4 is 9.64 Å². The standard InChI is InChI=1S/C38H45F4N3O3/c1-24(2)47-31-10-7-25(8-11-31)26-14-17-43-33(18-26)45(34(46)29-19-36(3,20-29)48-35(39)40)23-28-13-16-38(15-5-6-27(28)21-38)32-12-9-30(22-44-32)37(4,41)42/h7-12,14,17-18,22,24,27-29,35H,5-6,13,15-16,19-21,23H2,1-4H3/t27?,28?,29-,36+,38?. The van der Waals surface area contributed by atoms with Gasteiger partial charge in [-0.05, 0) is 119 Å². The molecule has 3 aliphatic carbocycles. The predicted octanol–water partition coefficient (Wildman–Crippen LogP) is 9.32. The molecule has 6 nitrogen and oxygen atoms in total. The summed E-state index contributed by atoms with van der Waals surface area (Å²) in [6, 6.07) is 14.9. The van der Waals surface area contributed by atoms with E-state index >= 15 is 0 Å². The molecule has 3 aromatic rings. The lowest BCUT2D eigenvalue weighted by Gasteiger charge is -2.50. The number of fused-ring (bicyclic) bond motifs is 2. The molecule has 0 spiro atoms. The molecule has 3 saturated carbocycles. The first-order valence-electron chi connectivity index (χ1n) is 17.1. The molecule has 0 aliphatic heterocycles. The second kappa shape index (κ2) is 13.4. The van der Waals surface area contributed by atoms with Crippen LogP contribution in [0.5, 0.6) is 5.75 Å². The lowest BCUT2D eigenvalue weighted by Crippen LogP contribution is -2.53. The van der Waals surface area contributed by atoms with E-state index in [2.05, 4.69) is 9.97 Å². The minimum absolute atomic E-state index is 0.0578. The normalized spacial score (nSPS) is 27.1. The van der Waals surface area contributed by atoms with E-state index in [9.17, 15) is 22.4 Å². The van der Waals surface area contributed by atoms with E-state index in [1.165, 1.54) is 12.3 Å². The van der Waals surface area contributed by atoms with Gasteiger partial charge in [0.1, 0.15) is 11.6 Å². The predicted molar refractivity (Wildman–Crippen MR) is 176 cm³/mol. The first kappa shape index (κ1) is 34.3. The van der Waals surface area contributed by atoms with Crippen LogP contribution in [-0.2, 0) is 20.9 Å². The number of halogens is 4. The van der Waals surface area contributed by atoms with Crippen LogP contribution in [0.3, 0.4) is 0 Å². The maximum atomic E-state index is 14.2. The molecule has 3 unspecified atom stereocenters. The molecular formula is C38H45F4N3O3. The molecule has 3 atom stereocenters. The quantitative estimate of drug-likeness (QED) is 0.191. The topological polar surface area (TPSA) is 64.5 Å². The Bertz CT molecular complexity index is 1570. The number of amides is 1. The average molecular weight is 668 g/mol. The van der Waals surface area contributed by atoms with E-state index < -0.39 is 24.1 Å². The molecule has 2 aromatic heterocycles. The molecule has 3 aliphatic rings. The van der Waals surface area contributed by atoms with Crippen molar-refractivity contribution in [2.24, 2.45) is 17.8 Å². The van der Waals surface area contributed by atoms with Crippen molar-refractivity contribution >= 4 is 11.7 Å². The third-order valence-electron chi connectivity index (χ3n) is 10.7. The SMILES string of the molecule is CC(C)Oc1ccc(-c2ccnc(N(CC3CCC4(c5ccc(C(C)(F)F)cn5)CCCC3C4)C(=O)[C@H]3C[C@@](C)(OC(F)F)C3)c2)cc1. The van der Waals surface area contributed by atoms with Crippen LogP contribution in [0.25, 0.3) is 11.1 Å². The number of pyridine rings is 2. The lowest BCUT2D eigenvalue weighted by atomic mass is 9.57. The van der Waals surface area contributed by atoms with Crippen LogP contribution in [0.2, 0.25) is 0 Å². The van der Waals surface area contributed by atoms with E-state index in [4.69, 9.17) is 9.47 Å². The summed E-state index contributed by atoms with van der Waals surface area (Å²) in [6.07, 6.45) is 9.09. The van der Waals surface area contributed by atoms with Crippen LogP contribution >= 0.6 is 0 Å². The fourth-order valence-corrected chi connectivity index (χ4v) is 8.27. The van der Waals surface area contributed by atoms with Crippen molar-refractivity contribution in [3.05, 3.63) is 72.2 Å². The number of rotatable bonds is 11. The summed E-state index contributed by atoms with van der Waals surface area (Å²) in [7, 11) is 0. The third kappa shape index (κ3) is 7.38. The molecule has 258 valence electrons. The average Bonchev–Trinajstić information content (AvgIpc) is 3.03. The van der Waals surface area contributed by atoms with Gasteiger partial charge in [0.05, 0.1) is 11.7 Å². The summed E-state index contributed by atoms with van der Waals surface area (Å²) in [5.41, 5.74) is 1.45. The van der Waals surface area contributed by atoms with Crippen molar-refractivity contribution in [1.82, 2.24) is 9.97 Å². The summed E-state index contributed by atoms with van der Waals surface area (Å²) in [5.74, 6) is -1.68. The Morgan fingerprint density at radius 1 is 1.00 bits per heavy atom. The van der Waals surface area contributed by atoms with E-state index in [0.717, 1.165) is 68.0 Å². The molecule has 1 aromatic carbocycles. The van der Waals surface area contributed by atoms with Gasteiger partial charge in [-0.3, -0.25) is 14.7 Å². The van der Waals surface area contributed by atoms with Crippen LogP contribution in [-0.4, -0.2) is 40.7 Å². The molecule has 0 N–H and O–H groups in total. The third-order valence-corrected chi connectivity index (χ3v) is 10.7. The van der Waals surface area contributed by atoms with Gasteiger partial charge < -0.3 is 9.47 Å². The number of carbonyl (C=O) groups is 1. The highest BCUT2D eigenvalue weighted by Crippen LogP contribution is 2.53. The van der Waals surface area contributed by atoms with Crippen LogP contribution in [0, 0.1) is 17.8 Å². The summed E-state index contributed by atoms with van der Waals surface area (Å²) >= 11 is 0. The van der Waals surface area contributed by atoms with Crippen molar-refractivity contribution in [1.29, 1.82) is 0 Å². The minimum Gasteiger partial charge on any atom is -0.491 e. The monoisotopic (exact) mass is 667 g/mol. The van der Waals surface area contributed by atoms with Gasteiger partial charge in [0.15, 0.2) is 0 Å². The summed E-state index contributed by atoms with van der Waals surface area (Å²) < 4.78 is 64.6. The molecule has 2 bridgehead atoms. The molecule has 0 radical (unpaired) electrons. The van der Waals surface area contributed by atoms with Crippen molar-refractivity contribution in [2.75, 3.05) is 11.4 Å². The first-order valence-corrected chi connectivity index (χ1v) is 17.1. The first-order chi connectivity index (χ1) is 22.7. The fraction of sp³-hybridized carbons (Fsp3) is 0.553. The van der Waals surface area contributed by atoms with Gasteiger partial charge in [0.2, 0.25) is 5.91 Å². The molecule has 48 heavy (non-hydrogen) atoms. The van der Waals surface area contributed by atoms with Gasteiger partial charge in [-0.25, -0.2) is 13.8 Å². The van der Waals surface area contributed by atoms with Gasteiger partial charge in [-0.1, -0.05) is 25.0 Å². The summed E-state index contributed by atoms with van der Waals surface area (Å²) in [5, 5.41) is 0. The van der Waals surface area contributed by atoms with E-state index in [1.807, 2.05) is 50.2 Å². The molecular weight excluding hydrogens is 622 g/mol. The number of carbonyl (C=O) groups excluding carboxylic acids is 1. The highest BCUT2D eigenvalue weighted by molar-refractivity contribution is 5.95. The largest absolute Gasteiger partial charge is 0.491 e. The highest BCUT2D eigenvalue weighted by Gasteiger charge is 2.50. The Morgan fingerprint density at radius 3 is 2.40 bits per heavy atom. The molecule has 2 heterocycles. The molecule has 3 fully saturated rings. The van der Waals surface area contributed by atoms with Gasteiger partial charge in [0, 0.05) is 48.5 Å². The van der Waals surface area contributed by atoms with Gasteiger partial charge in [0.25, 0.3) is 5.92 Å². The Hall–Kier alpha value is -3.53. The van der Waals surface area contributed by atoms with Gasteiger partial charge in [-0.15, -0.1) is 0 Å². The second-order valence-electron chi connectivity index (χ2n) is 14.7. The zero-order valence-electron chi connectivity index (χ0n) is 28.1. The maximum absolute atomic E-state index is 14.2. The van der Waals surface area contributed by atoms with E-state index in [0.29, 0.717) is 18.3 Å². The van der Waals surface area contributed by atoms with Crippen molar-refractivity contribution in [3.8, 4) is 16.9 Å². The van der Waals surface area contributed by atoms with Gasteiger partial charge >= 0.3 is 6.61 Å². The highest BCUT2D eigenvalue weighted by atomic mass is 19.3. The van der Waals surface area contributed by atoms with E-state index in [-0.39, 0.29) is 41.7 Å². The van der Waals surface area contributed by atoms with Crippen molar-refractivity contribution < 1.29 is 31.8 Å². The number of benzene rings is 1. The smallest absolute Gasteiger partial charge is 0.345 e. The zero-order chi connectivity index (χ0) is 34.3. The van der Waals surface area contributed by atoms with Crippen molar-refractivity contribution in [2.45, 2.75) is 109 Å². The number of anilines is 1. The molecule has 1 amide bonds. The zero-order valence-corrected chi connectivity index (χ0v) is 28.1. The van der Waals surface area contributed by atoms with E-state index in [1.54, 1.807) is 24.1 Å². The van der Waals surface area contributed by atoms with Crippen LogP contribution in [0.4, 0.5) is 23.4 Å². The number of aromatic nitrogens is 2. The Morgan fingerprint density at radius 2 is 1.75 bits per heavy atom. The summed E-state index contributed by atoms with van der Waals surface area (Å²) in [4.78, 5) is 25.2. The number of ether oxygens (including phenoxy) is 2. The number of nitrogens with zero attached hydrogens (tertiary/aromatic N) is 3. The Labute approximate surface area is 280 Å². The Balaban J connectivity index is 1.24. The van der Waals surface area contributed by atoms with Crippen LogP contribution in [0.1, 0.15) is 90.3 Å². The number of hydrogen-bond acceptors (Lipinski definition) is 5. The minimum atomic E-state index is -2.94. The van der Waals surface area contributed by atoms with Crippen molar-refractivity contribution in [3.63, 3.8) is 0 Å². The lowest BCUT2D eigenvalue weighted by molar-refractivity contribution is -0.237. The molecule has 0 saturated heterocycles. The van der Waals surface area contributed by atoms with Gasteiger partial charge in [-0.2, -0.15) is 8.78 Å². The number of hydrogen-bond donors (Lipinski definition) is 0. The van der Waals surface area contributed by atoms with Crippen LogP contribution in [0.15, 0.2) is 60.9 Å².